The summed E-state index contributed by atoms with van der Waals surface area (Å²) in [6.45, 7) is 0. The fourth-order valence-corrected chi connectivity index (χ4v) is 1.72. The molecule has 1 aromatic carbocycles. The van der Waals surface area contributed by atoms with Crippen molar-refractivity contribution in [1.29, 1.82) is 0 Å². The Hall–Kier alpha value is -1.89. The number of nitrogens with one attached hydrogen (secondary N) is 1. The summed E-state index contributed by atoms with van der Waals surface area (Å²) in [5.41, 5.74) is -1.52. The number of carbonyl (C=O) groups is 1. The van der Waals surface area contributed by atoms with Crippen LogP contribution in [0.4, 0.5) is 4.79 Å². The number of carboxylic acid groups (broad SMARTS) is 1. The van der Waals surface area contributed by atoms with Crippen molar-refractivity contribution in [1.82, 2.24) is 9.55 Å². The van der Waals surface area contributed by atoms with Crippen molar-refractivity contribution in [3.63, 3.8) is 0 Å². The van der Waals surface area contributed by atoms with Gasteiger partial charge in [-0.15, -0.1) is 0 Å². The zero-order valence-electron chi connectivity index (χ0n) is 7.73. The number of benzene rings is 1. The molecule has 0 aliphatic carbocycles. The van der Waals surface area contributed by atoms with Crippen LogP contribution in [0.2, 0.25) is 0 Å². The maximum Gasteiger partial charge on any atom is 0.422 e. The number of rotatable bonds is 0. The van der Waals surface area contributed by atoms with Gasteiger partial charge in [-0.05, 0) is 18.2 Å². The minimum atomic E-state index is -1.60. The highest BCUT2D eigenvalue weighted by molar-refractivity contribution is 9.10. The molecule has 0 aliphatic rings. The van der Waals surface area contributed by atoms with E-state index in [1.807, 2.05) is 0 Å². The average molecular weight is 285 g/mol. The van der Waals surface area contributed by atoms with E-state index in [0.29, 0.717) is 9.99 Å². The molecule has 1 heterocycles. The quantitative estimate of drug-likeness (QED) is 0.754. The minimum Gasteiger partial charge on any atom is -0.464 e. The summed E-state index contributed by atoms with van der Waals surface area (Å²) in [4.78, 5) is 36.0. The zero-order chi connectivity index (χ0) is 11.9. The predicted molar refractivity (Wildman–Crippen MR) is 60.0 cm³/mol. The fourth-order valence-electron chi connectivity index (χ4n) is 1.36. The van der Waals surface area contributed by atoms with Crippen LogP contribution in [0.5, 0.6) is 0 Å². The Morgan fingerprint density at radius 1 is 1.38 bits per heavy atom. The molecule has 0 saturated heterocycles. The molecule has 0 unspecified atom stereocenters. The molecule has 0 atom stereocenters. The van der Waals surface area contributed by atoms with Gasteiger partial charge >= 0.3 is 11.8 Å². The molecule has 2 N–H and O–H groups in total. The Bertz CT molecular complexity index is 701. The third kappa shape index (κ3) is 1.54. The first kappa shape index (κ1) is 10.6. The van der Waals surface area contributed by atoms with Crippen LogP contribution in [-0.4, -0.2) is 20.8 Å². The number of H-pyrrole nitrogens is 1. The lowest BCUT2D eigenvalue weighted by Gasteiger charge is -2.01. The summed E-state index contributed by atoms with van der Waals surface area (Å²) in [6.07, 6.45) is -1.60. The van der Waals surface area contributed by atoms with Gasteiger partial charge in [-0.1, -0.05) is 15.9 Å². The molecular formula is C9H5BrN2O4. The highest BCUT2D eigenvalue weighted by Crippen LogP contribution is 2.13. The summed E-state index contributed by atoms with van der Waals surface area (Å²) >= 11 is 3.16. The van der Waals surface area contributed by atoms with Gasteiger partial charge in [-0.25, -0.2) is 9.59 Å². The van der Waals surface area contributed by atoms with Gasteiger partial charge in [0.15, 0.2) is 0 Å². The summed E-state index contributed by atoms with van der Waals surface area (Å²) in [7, 11) is 0. The van der Waals surface area contributed by atoms with Crippen LogP contribution in [0, 0.1) is 0 Å². The fraction of sp³-hybridized carbons (Fsp3) is 0. The van der Waals surface area contributed by atoms with Gasteiger partial charge in [0.05, 0.1) is 10.9 Å². The molecule has 0 fully saturated rings. The van der Waals surface area contributed by atoms with E-state index >= 15 is 0 Å². The second-order valence-corrected chi connectivity index (χ2v) is 3.96. The maximum absolute atomic E-state index is 11.7. The Morgan fingerprint density at radius 2 is 2.06 bits per heavy atom. The van der Waals surface area contributed by atoms with Gasteiger partial charge in [0.25, 0.3) is 5.56 Å². The Kier molecular flexibility index (Phi) is 2.39. The number of fused-ring (bicyclic) bond motifs is 1. The van der Waals surface area contributed by atoms with Crippen molar-refractivity contribution in [2.75, 3.05) is 0 Å². The van der Waals surface area contributed by atoms with E-state index in [-0.39, 0.29) is 9.95 Å². The Balaban J connectivity index is 3.03. The van der Waals surface area contributed by atoms with E-state index in [9.17, 15) is 14.4 Å². The standard InChI is InChI=1S/C9H5BrN2O4/c10-4-1-2-6-5(3-4)7(13)12(9(15)16)8(14)11-6/h1-3H,(H,11,14)(H,15,16). The summed E-state index contributed by atoms with van der Waals surface area (Å²) in [6, 6.07) is 4.62. The van der Waals surface area contributed by atoms with Crippen LogP contribution in [0.15, 0.2) is 32.3 Å². The van der Waals surface area contributed by atoms with Gasteiger partial charge in [0, 0.05) is 4.47 Å². The number of aromatic amines is 1. The molecule has 1 aromatic heterocycles. The number of hydrogen-bond donors (Lipinski definition) is 2. The van der Waals surface area contributed by atoms with Crippen molar-refractivity contribution >= 4 is 32.9 Å². The van der Waals surface area contributed by atoms with E-state index in [0.717, 1.165) is 0 Å². The van der Waals surface area contributed by atoms with Crippen LogP contribution >= 0.6 is 15.9 Å². The van der Waals surface area contributed by atoms with Crippen LogP contribution < -0.4 is 11.2 Å². The van der Waals surface area contributed by atoms with Gasteiger partial charge in [0.2, 0.25) is 0 Å². The van der Waals surface area contributed by atoms with Crippen molar-refractivity contribution in [2.45, 2.75) is 0 Å². The lowest BCUT2D eigenvalue weighted by Crippen LogP contribution is -2.39. The molecular weight excluding hydrogens is 280 g/mol. The first-order valence-corrected chi connectivity index (χ1v) is 4.98. The summed E-state index contributed by atoms with van der Waals surface area (Å²) in [5, 5.41) is 8.84. The SMILES string of the molecule is O=C(O)n1c(=O)[nH]c2ccc(Br)cc2c1=O. The monoisotopic (exact) mass is 284 g/mol. The normalized spacial score (nSPS) is 10.6. The number of nitrogens with zero attached hydrogens (tertiary/aromatic N) is 1. The molecule has 16 heavy (non-hydrogen) atoms. The second-order valence-electron chi connectivity index (χ2n) is 3.04. The molecule has 2 aromatic rings. The van der Waals surface area contributed by atoms with Gasteiger partial charge in [0.1, 0.15) is 0 Å². The molecule has 0 aliphatic heterocycles. The first-order valence-electron chi connectivity index (χ1n) is 4.18. The lowest BCUT2D eigenvalue weighted by molar-refractivity contribution is 0.194. The first-order chi connectivity index (χ1) is 7.50. The zero-order valence-corrected chi connectivity index (χ0v) is 9.32. The number of halogens is 1. The summed E-state index contributed by atoms with van der Waals surface area (Å²) < 4.78 is 0.760. The Morgan fingerprint density at radius 3 is 2.69 bits per heavy atom. The highest BCUT2D eigenvalue weighted by Gasteiger charge is 2.12. The van der Waals surface area contributed by atoms with Gasteiger partial charge in [-0.3, -0.25) is 4.79 Å². The molecule has 0 bridgehead atoms. The summed E-state index contributed by atoms with van der Waals surface area (Å²) in [5.74, 6) is 0. The van der Waals surface area contributed by atoms with Crippen molar-refractivity contribution in [3.8, 4) is 0 Å². The average Bonchev–Trinajstić information content (AvgIpc) is 2.19. The van der Waals surface area contributed by atoms with Crippen molar-refractivity contribution in [2.24, 2.45) is 0 Å². The number of aromatic nitrogens is 2. The molecule has 6 nitrogen and oxygen atoms in total. The van der Waals surface area contributed by atoms with Crippen LogP contribution in [0.1, 0.15) is 0 Å². The third-order valence-corrected chi connectivity index (χ3v) is 2.54. The smallest absolute Gasteiger partial charge is 0.422 e. The van der Waals surface area contributed by atoms with E-state index in [1.54, 1.807) is 6.07 Å². The highest BCUT2D eigenvalue weighted by atomic mass is 79.9. The maximum atomic E-state index is 11.7. The molecule has 82 valence electrons. The van der Waals surface area contributed by atoms with Crippen molar-refractivity contribution < 1.29 is 9.90 Å². The van der Waals surface area contributed by atoms with Crippen molar-refractivity contribution in [3.05, 3.63) is 43.5 Å². The second kappa shape index (κ2) is 3.60. The van der Waals surface area contributed by atoms with Crippen LogP contribution in [-0.2, 0) is 0 Å². The van der Waals surface area contributed by atoms with E-state index < -0.39 is 17.3 Å². The molecule has 2 rings (SSSR count). The van der Waals surface area contributed by atoms with E-state index in [1.165, 1.54) is 12.1 Å². The molecule has 0 spiro atoms. The van der Waals surface area contributed by atoms with E-state index in [2.05, 4.69) is 20.9 Å². The lowest BCUT2D eigenvalue weighted by atomic mass is 10.2. The Labute approximate surface area is 96.3 Å². The molecule has 0 amide bonds. The topological polar surface area (TPSA) is 92.2 Å². The van der Waals surface area contributed by atoms with Gasteiger partial charge in [-0.2, -0.15) is 4.57 Å². The molecule has 0 radical (unpaired) electrons. The van der Waals surface area contributed by atoms with E-state index in [4.69, 9.17) is 5.11 Å². The number of hydrogen-bond acceptors (Lipinski definition) is 3. The van der Waals surface area contributed by atoms with Crippen LogP contribution in [0.3, 0.4) is 0 Å². The predicted octanol–water partition coefficient (Wildman–Crippen LogP) is 0.978. The third-order valence-electron chi connectivity index (χ3n) is 2.05. The minimum absolute atomic E-state index is 0.134. The van der Waals surface area contributed by atoms with Gasteiger partial charge < -0.3 is 10.1 Å². The largest absolute Gasteiger partial charge is 0.464 e. The van der Waals surface area contributed by atoms with Crippen LogP contribution in [0.25, 0.3) is 10.9 Å². The molecule has 0 saturated carbocycles. The molecule has 7 heteroatoms.